The zero-order chi connectivity index (χ0) is 20.1. The maximum atomic E-state index is 12.2. The number of aryl methyl sites for hydroxylation is 1. The van der Waals surface area contributed by atoms with Crippen molar-refractivity contribution in [2.24, 2.45) is 0 Å². The summed E-state index contributed by atoms with van der Waals surface area (Å²) >= 11 is 5.92. The number of aromatic hydroxyl groups is 1. The molecule has 27 heavy (non-hydrogen) atoms. The van der Waals surface area contributed by atoms with Gasteiger partial charge < -0.3 is 19.9 Å². The van der Waals surface area contributed by atoms with Crippen molar-refractivity contribution in [2.75, 3.05) is 0 Å². The van der Waals surface area contributed by atoms with E-state index >= 15 is 0 Å². The smallest absolute Gasteiger partial charge is 0.339 e. The number of nitrogens with one attached hydrogen (secondary N) is 1. The van der Waals surface area contributed by atoms with Crippen LogP contribution in [-0.2, 0) is 16.0 Å². The summed E-state index contributed by atoms with van der Waals surface area (Å²) in [7, 11) is 0. The number of carbonyl (C=O) groups excluding carboxylic acids is 1. The van der Waals surface area contributed by atoms with Crippen LogP contribution in [0.4, 0.5) is 0 Å². The van der Waals surface area contributed by atoms with Gasteiger partial charge in [0.25, 0.3) is 0 Å². The van der Waals surface area contributed by atoms with Crippen LogP contribution in [0.1, 0.15) is 43.7 Å². The van der Waals surface area contributed by atoms with Crippen LogP contribution in [0.2, 0.25) is 5.02 Å². The van der Waals surface area contributed by atoms with Crippen LogP contribution in [-0.4, -0.2) is 28.1 Å². The van der Waals surface area contributed by atoms with Gasteiger partial charge in [-0.25, -0.2) is 9.59 Å². The summed E-state index contributed by atoms with van der Waals surface area (Å²) in [6, 6.07) is 1.83. The number of halogens is 1. The van der Waals surface area contributed by atoms with Crippen LogP contribution in [0.3, 0.4) is 0 Å². The van der Waals surface area contributed by atoms with Crippen LogP contribution >= 0.6 is 11.6 Å². The highest BCUT2D eigenvalue weighted by Gasteiger charge is 2.20. The van der Waals surface area contributed by atoms with Crippen molar-refractivity contribution in [3.8, 4) is 5.75 Å². The van der Waals surface area contributed by atoms with Crippen LogP contribution in [0.15, 0.2) is 21.3 Å². The predicted molar refractivity (Wildman–Crippen MR) is 101 cm³/mol. The molecule has 0 aliphatic carbocycles. The molecule has 2 rings (SSSR count). The summed E-state index contributed by atoms with van der Waals surface area (Å²) < 4.78 is 5.21. The average Bonchev–Trinajstić information content (AvgIpc) is 2.60. The lowest BCUT2D eigenvalue weighted by atomic mass is 10.0. The molecule has 0 unspecified atom stereocenters. The minimum Gasteiger partial charge on any atom is -0.506 e. The van der Waals surface area contributed by atoms with Gasteiger partial charge in [0.2, 0.25) is 5.91 Å². The van der Waals surface area contributed by atoms with Gasteiger partial charge in [-0.3, -0.25) is 4.79 Å². The minimum absolute atomic E-state index is 0.0428. The van der Waals surface area contributed by atoms with E-state index < -0.39 is 23.5 Å². The first-order chi connectivity index (χ1) is 12.7. The van der Waals surface area contributed by atoms with E-state index in [-0.39, 0.29) is 29.2 Å². The zero-order valence-corrected chi connectivity index (χ0v) is 15.9. The molecule has 146 valence electrons. The topological polar surface area (TPSA) is 117 Å². The number of phenols is 1. The van der Waals surface area contributed by atoms with Crippen molar-refractivity contribution in [3.63, 3.8) is 0 Å². The number of hydrogen-bond acceptors (Lipinski definition) is 5. The molecule has 2 aromatic rings. The van der Waals surface area contributed by atoms with E-state index in [4.69, 9.17) is 16.0 Å². The molecule has 0 saturated carbocycles. The Morgan fingerprint density at radius 2 is 2.04 bits per heavy atom. The molecule has 0 bridgehead atoms. The Labute approximate surface area is 160 Å². The Hall–Kier alpha value is -2.54. The molecule has 1 aromatic carbocycles. The fourth-order valence-electron chi connectivity index (χ4n) is 2.86. The molecule has 0 saturated heterocycles. The van der Waals surface area contributed by atoms with Crippen molar-refractivity contribution in [1.82, 2.24) is 5.32 Å². The number of carboxylic acid groups (broad SMARTS) is 1. The molecule has 1 heterocycles. The van der Waals surface area contributed by atoms with Crippen molar-refractivity contribution in [1.29, 1.82) is 0 Å². The number of fused-ring (bicyclic) bond motifs is 1. The molecular formula is C19H22ClNO6. The molecule has 0 spiro atoms. The standard InChI is InChI=1S/C19H22ClNO6/c1-3-4-5-14(18(24)25)21-17(23)7-6-11-10(2)12-8-13(20)15(22)9-16(12)27-19(11)26/h8-9,14,22H,3-7H2,1-2H3,(H,21,23)(H,24,25)/t14-/m0/s1. The number of carboxylic acids is 1. The summed E-state index contributed by atoms with van der Waals surface area (Å²) in [6.07, 6.45) is 1.94. The van der Waals surface area contributed by atoms with Gasteiger partial charge in [0.05, 0.1) is 5.02 Å². The Kier molecular flexibility index (Phi) is 6.85. The van der Waals surface area contributed by atoms with Crippen molar-refractivity contribution in [3.05, 3.63) is 38.7 Å². The fourth-order valence-corrected chi connectivity index (χ4v) is 3.02. The number of aliphatic carboxylic acids is 1. The number of benzene rings is 1. The summed E-state index contributed by atoms with van der Waals surface area (Å²) in [5.74, 6) is -1.71. The number of carbonyl (C=O) groups is 2. The summed E-state index contributed by atoms with van der Waals surface area (Å²) in [5.41, 5.74) is 0.532. The number of unbranched alkanes of at least 4 members (excludes halogenated alkanes) is 1. The van der Waals surface area contributed by atoms with E-state index in [9.17, 15) is 24.6 Å². The lowest BCUT2D eigenvalue weighted by molar-refractivity contribution is -0.142. The Morgan fingerprint density at radius 1 is 1.33 bits per heavy atom. The van der Waals surface area contributed by atoms with Gasteiger partial charge in [0.1, 0.15) is 17.4 Å². The highest BCUT2D eigenvalue weighted by atomic mass is 35.5. The zero-order valence-electron chi connectivity index (χ0n) is 15.2. The molecule has 1 aromatic heterocycles. The fraction of sp³-hybridized carbons (Fsp3) is 0.421. The second-order valence-electron chi connectivity index (χ2n) is 6.39. The van der Waals surface area contributed by atoms with Gasteiger partial charge in [0, 0.05) is 23.4 Å². The largest absolute Gasteiger partial charge is 0.506 e. The SMILES string of the molecule is CCCC[C@H](NC(=O)CCc1c(C)c2cc(Cl)c(O)cc2oc1=O)C(=O)O. The quantitative estimate of drug-likeness (QED) is 0.591. The van der Waals surface area contributed by atoms with Gasteiger partial charge in [0.15, 0.2) is 0 Å². The number of amides is 1. The number of hydrogen-bond donors (Lipinski definition) is 3. The van der Waals surface area contributed by atoms with Crippen molar-refractivity contribution in [2.45, 2.75) is 52.0 Å². The molecule has 0 aliphatic heterocycles. The first kappa shape index (κ1) is 20.8. The highest BCUT2D eigenvalue weighted by molar-refractivity contribution is 6.32. The lowest BCUT2D eigenvalue weighted by Gasteiger charge is -2.14. The second-order valence-corrected chi connectivity index (χ2v) is 6.80. The molecule has 3 N–H and O–H groups in total. The van der Waals surface area contributed by atoms with Gasteiger partial charge in [-0.05, 0) is 31.4 Å². The molecule has 7 nitrogen and oxygen atoms in total. The Bertz CT molecular complexity index is 921. The monoisotopic (exact) mass is 395 g/mol. The Morgan fingerprint density at radius 3 is 2.67 bits per heavy atom. The van der Waals surface area contributed by atoms with Crippen LogP contribution in [0, 0.1) is 6.92 Å². The van der Waals surface area contributed by atoms with Gasteiger partial charge in [-0.1, -0.05) is 31.4 Å². The van der Waals surface area contributed by atoms with Crippen LogP contribution < -0.4 is 10.9 Å². The molecule has 8 heteroatoms. The van der Waals surface area contributed by atoms with Gasteiger partial charge in [-0.15, -0.1) is 0 Å². The predicted octanol–water partition coefficient (Wildman–Crippen LogP) is 3.15. The van der Waals surface area contributed by atoms with Crippen molar-refractivity contribution < 1.29 is 24.2 Å². The summed E-state index contributed by atoms with van der Waals surface area (Å²) in [4.78, 5) is 35.6. The first-order valence-corrected chi connectivity index (χ1v) is 9.09. The molecule has 0 fully saturated rings. The lowest BCUT2D eigenvalue weighted by Crippen LogP contribution is -2.40. The third-order valence-corrected chi connectivity index (χ3v) is 4.74. The first-order valence-electron chi connectivity index (χ1n) is 8.71. The maximum Gasteiger partial charge on any atom is 0.339 e. The Balaban J connectivity index is 2.16. The average molecular weight is 396 g/mol. The molecule has 1 atom stereocenters. The van der Waals surface area contributed by atoms with Crippen LogP contribution in [0.25, 0.3) is 11.0 Å². The highest BCUT2D eigenvalue weighted by Crippen LogP contribution is 2.30. The minimum atomic E-state index is -1.08. The third kappa shape index (κ3) is 5.01. The normalized spacial score (nSPS) is 12.1. The van der Waals surface area contributed by atoms with E-state index in [0.29, 0.717) is 29.4 Å². The van der Waals surface area contributed by atoms with E-state index in [2.05, 4.69) is 5.32 Å². The summed E-state index contributed by atoms with van der Waals surface area (Å²) in [5, 5.41) is 22.0. The third-order valence-electron chi connectivity index (χ3n) is 4.44. The summed E-state index contributed by atoms with van der Waals surface area (Å²) in [6.45, 7) is 3.65. The van der Waals surface area contributed by atoms with Crippen LogP contribution in [0.5, 0.6) is 5.75 Å². The molecular weight excluding hydrogens is 374 g/mol. The van der Waals surface area contributed by atoms with E-state index in [0.717, 1.165) is 6.42 Å². The molecule has 0 radical (unpaired) electrons. The van der Waals surface area contributed by atoms with E-state index in [1.807, 2.05) is 6.92 Å². The van der Waals surface area contributed by atoms with Gasteiger partial charge in [-0.2, -0.15) is 0 Å². The van der Waals surface area contributed by atoms with E-state index in [1.54, 1.807) is 6.92 Å². The number of phenolic OH excluding ortho intramolecular Hbond substituents is 1. The van der Waals surface area contributed by atoms with E-state index in [1.165, 1.54) is 12.1 Å². The number of rotatable bonds is 8. The van der Waals surface area contributed by atoms with Crippen molar-refractivity contribution >= 4 is 34.4 Å². The molecule has 0 aliphatic rings. The molecule has 1 amide bonds. The second kappa shape index (κ2) is 8.90. The maximum absolute atomic E-state index is 12.2. The van der Waals surface area contributed by atoms with Gasteiger partial charge >= 0.3 is 11.6 Å².